The summed E-state index contributed by atoms with van der Waals surface area (Å²) in [6.07, 6.45) is 0. The maximum Gasteiger partial charge on any atom is 0.253 e. The lowest BCUT2D eigenvalue weighted by atomic mass is 10.1. The van der Waals surface area contributed by atoms with Crippen molar-refractivity contribution in [3.8, 4) is 0 Å². The van der Waals surface area contributed by atoms with Crippen LogP contribution in [0.25, 0.3) is 11.0 Å². The van der Waals surface area contributed by atoms with Crippen LogP contribution in [0.3, 0.4) is 0 Å². The van der Waals surface area contributed by atoms with Crippen molar-refractivity contribution in [2.75, 3.05) is 6.54 Å². The highest BCUT2D eigenvalue weighted by Crippen LogP contribution is 2.27. The first-order chi connectivity index (χ1) is 7.68. The van der Waals surface area contributed by atoms with Gasteiger partial charge in [-0.2, -0.15) is 0 Å². The highest BCUT2D eigenvalue weighted by atomic mass is 35.5. The fourth-order valence-electron chi connectivity index (χ4n) is 2.10. The van der Waals surface area contributed by atoms with Crippen molar-refractivity contribution in [1.82, 2.24) is 14.9 Å². The summed E-state index contributed by atoms with van der Waals surface area (Å²) in [5.41, 5.74) is 3.35. The van der Waals surface area contributed by atoms with E-state index < -0.39 is 0 Å². The summed E-state index contributed by atoms with van der Waals surface area (Å²) in [5, 5.41) is 3.28. The van der Waals surface area contributed by atoms with Gasteiger partial charge in [0.2, 0.25) is 5.28 Å². The Bertz CT molecular complexity index is 603. The summed E-state index contributed by atoms with van der Waals surface area (Å²) >= 11 is 6.08. The van der Waals surface area contributed by atoms with Crippen LogP contribution in [-0.2, 0) is 6.54 Å². The lowest BCUT2D eigenvalue weighted by Crippen LogP contribution is -2.24. The molecule has 0 saturated heterocycles. The maximum absolute atomic E-state index is 11.8. The number of benzene rings is 1. The Hall–Kier alpha value is -1.55. The Morgan fingerprint density at radius 3 is 3.12 bits per heavy atom. The molecular weight excluding hydrogens is 226 g/mol. The molecule has 0 radical (unpaired) electrons. The van der Waals surface area contributed by atoms with Gasteiger partial charge < -0.3 is 9.88 Å². The number of carbonyl (C=O) groups is 1. The third-order valence-electron chi connectivity index (χ3n) is 2.92. The molecule has 0 saturated carbocycles. The van der Waals surface area contributed by atoms with Crippen molar-refractivity contribution in [2.24, 2.45) is 0 Å². The Labute approximate surface area is 97.2 Å². The zero-order valence-corrected chi connectivity index (χ0v) is 9.51. The van der Waals surface area contributed by atoms with Crippen molar-refractivity contribution < 1.29 is 4.79 Å². The van der Waals surface area contributed by atoms with Crippen LogP contribution in [0.4, 0.5) is 0 Å². The SMILES string of the molecule is Cc1ccc2c3c1nc(Cl)n3CCNC2=O. The maximum atomic E-state index is 11.8. The first-order valence-electron chi connectivity index (χ1n) is 5.12. The molecule has 1 aliphatic rings. The fraction of sp³-hybridized carbons (Fsp3) is 0.273. The van der Waals surface area contributed by atoms with Crippen LogP contribution in [0.15, 0.2) is 12.1 Å². The highest BCUT2D eigenvalue weighted by molar-refractivity contribution is 6.29. The van der Waals surface area contributed by atoms with E-state index in [9.17, 15) is 4.79 Å². The first-order valence-corrected chi connectivity index (χ1v) is 5.50. The number of nitrogens with zero attached hydrogens (tertiary/aromatic N) is 2. The second-order valence-corrected chi connectivity index (χ2v) is 4.25. The molecule has 0 aliphatic carbocycles. The average Bonchev–Trinajstić information content (AvgIpc) is 2.49. The van der Waals surface area contributed by atoms with Gasteiger partial charge in [-0.1, -0.05) is 6.07 Å². The third-order valence-corrected chi connectivity index (χ3v) is 3.20. The van der Waals surface area contributed by atoms with E-state index in [0.717, 1.165) is 16.6 Å². The molecule has 0 atom stereocenters. The molecule has 0 unspecified atom stereocenters. The number of aromatic nitrogens is 2. The number of nitrogens with one attached hydrogen (secondary N) is 1. The van der Waals surface area contributed by atoms with Crippen molar-refractivity contribution >= 4 is 28.5 Å². The van der Waals surface area contributed by atoms with Crippen molar-refractivity contribution in [1.29, 1.82) is 0 Å². The molecule has 1 N–H and O–H groups in total. The molecule has 1 aromatic carbocycles. The summed E-state index contributed by atoms with van der Waals surface area (Å²) in [5.74, 6) is -0.0553. The number of halogens is 1. The molecule has 2 heterocycles. The summed E-state index contributed by atoms with van der Waals surface area (Å²) in [6, 6.07) is 3.73. The second-order valence-electron chi connectivity index (χ2n) is 3.92. The van der Waals surface area contributed by atoms with Crippen LogP contribution in [0.1, 0.15) is 15.9 Å². The summed E-state index contributed by atoms with van der Waals surface area (Å²) < 4.78 is 1.89. The number of imidazole rings is 1. The van der Waals surface area contributed by atoms with Gasteiger partial charge in [0.15, 0.2) is 0 Å². The van der Waals surface area contributed by atoms with Crippen LogP contribution < -0.4 is 5.32 Å². The van der Waals surface area contributed by atoms with E-state index in [4.69, 9.17) is 11.6 Å². The minimum Gasteiger partial charge on any atom is -0.350 e. The number of amides is 1. The minimum atomic E-state index is -0.0553. The minimum absolute atomic E-state index is 0.0553. The van der Waals surface area contributed by atoms with E-state index in [1.807, 2.05) is 23.6 Å². The van der Waals surface area contributed by atoms with Crippen LogP contribution in [0.2, 0.25) is 5.28 Å². The van der Waals surface area contributed by atoms with Crippen molar-refractivity contribution in [3.63, 3.8) is 0 Å². The lowest BCUT2D eigenvalue weighted by molar-refractivity contribution is 0.0956. The number of rotatable bonds is 0. The van der Waals surface area contributed by atoms with Crippen molar-refractivity contribution in [3.05, 3.63) is 28.5 Å². The standard InChI is InChI=1S/C11H10ClN3O/c1-6-2-3-7-9-8(6)14-11(12)15(9)5-4-13-10(7)16/h2-3H,4-5H2,1H3,(H,13,16). The highest BCUT2D eigenvalue weighted by Gasteiger charge is 2.21. The Balaban J connectivity index is 2.49. The molecule has 5 heteroatoms. The van der Waals surface area contributed by atoms with Gasteiger partial charge in [0.25, 0.3) is 5.91 Å². The molecule has 4 nitrogen and oxygen atoms in total. The molecule has 0 bridgehead atoms. The quantitative estimate of drug-likeness (QED) is 0.756. The van der Waals surface area contributed by atoms with E-state index >= 15 is 0 Å². The van der Waals surface area contributed by atoms with Gasteiger partial charge in [-0.15, -0.1) is 0 Å². The largest absolute Gasteiger partial charge is 0.350 e. The average molecular weight is 236 g/mol. The van der Waals surface area contributed by atoms with Crippen LogP contribution in [0, 0.1) is 6.92 Å². The predicted molar refractivity (Wildman–Crippen MR) is 61.8 cm³/mol. The first kappa shape index (κ1) is 9.66. The van der Waals surface area contributed by atoms with Crippen LogP contribution >= 0.6 is 11.6 Å². The fourth-order valence-corrected chi connectivity index (χ4v) is 2.36. The molecule has 16 heavy (non-hydrogen) atoms. The Kier molecular flexibility index (Phi) is 1.94. The van der Waals surface area contributed by atoms with E-state index in [0.29, 0.717) is 23.9 Å². The lowest BCUT2D eigenvalue weighted by Gasteiger charge is -2.02. The predicted octanol–water partition coefficient (Wildman–Crippen LogP) is 1.74. The van der Waals surface area contributed by atoms with Crippen molar-refractivity contribution in [2.45, 2.75) is 13.5 Å². The van der Waals surface area contributed by atoms with Gasteiger partial charge in [-0.05, 0) is 30.2 Å². The topological polar surface area (TPSA) is 46.9 Å². The molecular formula is C11H10ClN3O. The third kappa shape index (κ3) is 1.16. The van der Waals surface area contributed by atoms with Crippen LogP contribution in [-0.4, -0.2) is 22.0 Å². The van der Waals surface area contributed by atoms with E-state index in [1.54, 1.807) is 0 Å². The molecule has 82 valence electrons. The molecule has 1 aliphatic heterocycles. The van der Waals surface area contributed by atoms with Gasteiger partial charge in [0.05, 0.1) is 16.6 Å². The second kappa shape index (κ2) is 3.22. The van der Waals surface area contributed by atoms with E-state index in [1.165, 1.54) is 0 Å². The zero-order valence-electron chi connectivity index (χ0n) is 8.75. The number of aryl methyl sites for hydroxylation is 1. The monoisotopic (exact) mass is 235 g/mol. The van der Waals surface area contributed by atoms with Gasteiger partial charge >= 0.3 is 0 Å². The molecule has 2 aromatic rings. The number of hydrogen-bond donors (Lipinski definition) is 1. The van der Waals surface area contributed by atoms with Gasteiger partial charge in [0, 0.05) is 13.1 Å². The summed E-state index contributed by atoms with van der Waals surface area (Å²) in [4.78, 5) is 16.1. The van der Waals surface area contributed by atoms with Gasteiger partial charge in [0.1, 0.15) is 0 Å². The smallest absolute Gasteiger partial charge is 0.253 e. The molecule has 0 spiro atoms. The zero-order chi connectivity index (χ0) is 11.3. The van der Waals surface area contributed by atoms with Gasteiger partial charge in [-0.25, -0.2) is 4.98 Å². The van der Waals surface area contributed by atoms with E-state index in [2.05, 4.69) is 10.3 Å². The van der Waals surface area contributed by atoms with Crippen LogP contribution in [0.5, 0.6) is 0 Å². The number of hydrogen-bond acceptors (Lipinski definition) is 2. The Morgan fingerprint density at radius 2 is 2.31 bits per heavy atom. The van der Waals surface area contributed by atoms with Gasteiger partial charge in [-0.3, -0.25) is 4.79 Å². The normalized spacial score (nSPS) is 15.0. The number of carbonyl (C=O) groups excluding carboxylic acids is 1. The summed E-state index contributed by atoms with van der Waals surface area (Å²) in [6.45, 7) is 3.21. The Morgan fingerprint density at radius 1 is 1.50 bits per heavy atom. The molecule has 0 fully saturated rings. The molecule has 3 rings (SSSR count). The van der Waals surface area contributed by atoms with E-state index in [-0.39, 0.29) is 5.91 Å². The summed E-state index contributed by atoms with van der Waals surface area (Å²) in [7, 11) is 0. The molecule has 1 aromatic heterocycles. The molecule has 1 amide bonds.